The van der Waals surface area contributed by atoms with Crippen LogP contribution in [0.4, 0.5) is 0 Å². The predicted octanol–water partition coefficient (Wildman–Crippen LogP) is 2.46. The van der Waals surface area contributed by atoms with Gasteiger partial charge in [-0.25, -0.2) is 0 Å². The van der Waals surface area contributed by atoms with E-state index in [1.807, 2.05) is 17.0 Å². The number of halogens is 1. The predicted molar refractivity (Wildman–Crippen MR) is 61.2 cm³/mol. The van der Waals surface area contributed by atoms with Crippen LogP contribution in [0.15, 0.2) is 18.2 Å². The summed E-state index contributed by atoms with van der Waals surface area (Å²) in [7, 11) is 0. The Labute approximate surface area is 94.8 Å². The first-order valence-corrected chi connectivity index (χ1v) is 5.56. The zero-order valence-electron chi connectivity index (χ0n) is 8.74. The Kier molecular flexibility index (Phi) is 2.96. The van der Waals surface area contributed by atoms with Crippen LogP contribution in [0.5, 0.6) is 0 Å². The normalized spacial score (nSPS) is 20.7. The Morgan fingerprint density at radius 1 is 1.53 bits per heavy atom. The van der Waals surface area contributed by atoms with Gasteiger partial charge in [0, 0.05) is 18.1 Å². The molecule has 1 aliphatic heterocycles. The summed E-state index contributed by atoms with van der Waals surface area (Å²) in [6.07, 6.45) is 1.86. The molecule has 1 aliphatic rings. The topological polar surface area (TPSA) is 20.3 Å². The molecule has 80 valence electrons. The lowest BCUT2D eigenvalue weighted by molar-refractivity contribution is -0.118. The Bertz CT molecular complexity index is 378. The second-order valence-electron chi connectivity index (χ2n) is 4.09. The fraction of sp³-hybridized carbons (Fsp3) is 0.417. The van der Waals surface area contributed by atoms with Crippen molar-refractivity contribution in [3.8, 4) is 0 Å². The molecule has 0 unspecified atom stereocenters. The molecule has 15 heavy (non-hydrogen) atoms. The van der Waals surface area contributed by atoms with E-state index in [0.29, 0.717) is 5.92 Å². The van der Waals surface area contributed by atoms with Gasteiger partial charge in [-0.15, -0.1) is 0 Å². The quantitative estimate of drug-likeness (QED) is 0.670. The molecule has 0 aromatic heterocycles. The van der Waals surface area contributed by atoms with Crippen LogP contribution in [0.1, 0.15) is 24.0 Å². The molecule has 0 fully saturated rings. The second-order valence-corrected chi connectivity index (χ2v) is 4.53. The Morgan fingerprint density at radius 3 is 3.07 bits per heavy atom. The first kappa shape index (κ1) is 10.5. The standard InChI is InChI=1S/C12H14ClNO/c1-9-7-14(8-15)5-4-10-2-3-11(13)6-12(9)10/h2-3,6,8-9H,4-5,7H2,1H3/t9-/m0/s1. The molecule has 3 heteroatoms. The maximum atomic E-state index is 10.8. The zero-order chi connectivity index (χ0) is 10.8. The van der Waals surface area contributed by atoms with Gasteiger partial charge < -0.3 is 4.90 Å². The first-order valence-electron chi connectivity index (χ1n) is 5.18. The minimum absolute atomic E-state index is 0.367. The molecular weight excluding hydrogens is 210 g/mol. The molecular formula is C12H14ClNO. The van der Waals surface area contributed by atoms with Crippen molar-refractivity contribution in [3.05, 3.63) is 34.3 Å². The molecule has 1 atom stereocenters. The van der Waals surface area contributed by atoms with Gasteiger partial charge >= 0.3 is 0 Å². The van der Waals surface area contributed by atoms with Crippen molar-refractivity contribution in [2.75, 3.05) is 13.1 Å². The maximum Gasteiger partial charge on any atom is 0.209 e. The molecule has 1 aromatic carbocycles. The molecule has 2 nitrogen and oxygen atoms in total. The molecule has 0 aliphatic carbocycles. The number of benzene rings is 1. The van der Waals surface area contributed by atoms with E-state index < -0.39 is 0 Å². The van der Waals surface area contributed by atoms with E-state index in [1.54, 1.807) is 0 Å². The van der Waals surface area contributed by atoms with Crippen molar-refractivity contribution in [3.63, 3.8) is 0 Å². The van der Waals surface area contributed by atoms with Gasteiger partial charge in [0.05, 0.1) is 0 Å². The summed E-state index contributed by atoms with van der Waals surface area (Å²) in [5.74, 6) is 0.367. The van der Waals surface area contributed by atoms with Crippen LogP contribution < -0.4 is 0 Å². The number of carbonyl (C=O) groups excluding carboxylic acids is 1. The fourth-order valence-corrected chi connectivity index (χ4v) is 2.33. The Morgan fingerprint density at radius 2 is 2.33 bits per heavy atom. The second kappa shape index (κ2) is 4.23. The molecule has 0 spiro atoms. The highest BCUT2D eigenvalue weighted by atomic mass is 35.5. The highest BCUT2D eigenvalue weighted by Crippen LogP contribution is 2.27. The van der Waals surface area contributed by atoms with Crippen molar-refractivity contribution in [2.24, 2.45) is 0 Å². The molecule has 0 bridgehead atoms. The summed E-state index contributed by atoms with van der Waals surface area (Å²) in [4.78, 5) is 12.6. The molecule has 1 heterocycles. The van der Waals surface area contributed by atoms with Crippen LogP contribution in [0.3, 0.4) is 0 Å². The lowest BCUT2D eigenvalue weighted by Gasteiger charge is -2.17. The highest BCUT2D eigenvalue weighted by molar-refractivity contribution is 6.30. The SMILES string of the molecule is C[C@H]1CN(C=O)CCc2ccc(Cl)cc21. The van der Waals surface area contributed by atoms with Crippen LogP contribution in [0.2, 0.25) is 5.02 Å². The molecule has 0 saturated heterocycles. The Hall–Kier alpha value is -1.02. The summed E-state index contributed by atoms with van der Waals surface area (Å²) in [5, 5.41) is 0.778. The van der Waals surface area contributed by atoms with E-state index in [-0.39, 0.29) is 0 Å². The lowest BCUT2D eigenvalue weighted by atomic mass is 9.95. The smallest absolute Gasteiger partial charge is 0.209 e. The van der Waals surface area contributed by atoms with Crippen LogP contribution >= 0.6 is 11.6 Å². The van der Waals surface area contributed by atoms with Gasteiger partial charge in [-0.2, -0.15) is 0 Å². The minimum atomic E-state index is 0.367. The van der Waals surface area contributed by atoms with Gasteiger partial charge in [-0.3, -0.25) is 4.79 Å². The molecule has 0 saturated carbocycles. The van der Waals surface area contributed by atoms with E-state index in [2.05, 4.69) is 13.0 Å². The fourth-order valence-electron chi connectivity index (χ4n) is 2.15. The van der Waals surface area contributed by atoms with Crippen molar-refractivity contribution in [1.82, 2.24) is 4.90 Å². The van der Waals surface area contributed by atoms with Gasteiger partial charge in [-0.05, 0) is 35.6 Å². The van der Waals surface area contributed by atoms with Crippen molar-refractivity contribution >= 4 is 18.0 Å². The number of carbonyl (C=O) groups is 1. The van der Waals surface area contributed by atoms with Crippen molar-refractivity contribution < 1.29 is 4.79 Å². The first-order chi connectivity index (χ1) is 7.20. The van der Waals surface area contributed by atoms with Crippen molar-refractivity contribution in [2.45, 2.75) is 19.3 Å². The van der Waals surface area contributed by atoms with Crippen molar-refractivity contribution in [1.29, 1.82) is 0 Å². The lowest BCUT2D eigenvalue weighted by Crippen LogP contribution is -2.25. The largest absolute Gasteiger partial charge is 0.344 e. The van der Waals surface area contributed by atoms with Gasteiger partial charge in [-0.1, -0.05) is 24.6 Å². The number of rotatable bonds is 1. The molecule has 1 amide bonds. The van der Waals surface area contributed by atoms with E-state index in [9.17, 15) is 4.79 Å². The monoisotopic (exact) mass is 223 g/mol. The van der Waals surface area contributed by atoms with E-state index in [0.717, 1.165) is 30.9 Å². The number of amides is 1. The van der Waals surface area contributed by atoms with E-state index in [1.165, 1.54) is 11.1 Å². The third-order valence-corrected chi connectivity index (χ3v) is 3.20. The number of nitrogens with zero attached hydrogens (tertiary/aromatic N) is 1. The minimum Gasteiger partial charge on any atom is -0.344 e. The summed E-state index contributed by atoms with van der Waals surface area (Å²) >= 11 is 5.98. The number of hydrogen-bond acceptors (Lipinski definition) is 1. The average molecular weight is 224 g/mol. The van der Waals surface area contributed by atoms with Gasteiger partial charge in [0.25, 0.3) is 0 Å². The molecule has 1 aromatic rings. The number of hydrogen-bond donors (Lipinski definition) is 0. The summed E-state index contributed by atoms with van der Waals surface area (Å²) in [5.41, 5.74) is 2.60. The third kappa shape index (κ3) is 2.15. The van der Waals surface area contributed by atoms with Gasteiger partial charge in [0.2, 0.25) is 6.41 Å². The maximum absolute atomic E-state index is 10.8. The summed E-state index contributed by atoms with van der Waals surface area (Å²) < 4.78 is 0. The van der Waals surface area contributed by atoms with Gasteiger partial charge in [0.15, 0.2) is 0 Å². The van der Waals surface area contributed by atoms with E-state index >= 15 is 0 Å². The van der Waals surface area contributed by atoms with Crippen LogP contribution in [-0.4, -0.2) is 24.4 Å². The zero-order valence-corrected chi connectivity index (χ0v) is 9.50. The third-order valence-electron chi connectivity index (χ3n) is 2.96. The van der Waals surface area contributed by atoms with Crippen LogP contribution in [-0.2, 0) is 11.2 Å². The Balaban J connectivity index is 2.35. The van der Waals surface area contributed by atoms with Crippen LogP contribution in [0, 0.1) is 0 Å². The molecule has 0 radical (unpaired) electrons. The highest BCUT2D eigenvalue weighted by Gasteiger charge is 2.18. The number of fused-ring (bicyclic) bond motifs is 1. The summed E-state index contributed by atoms with van der Waals surface area (Å²) in [6, 6.07) is 6.02. The van der Waals surface area contributed by atoms with Crippen LogP contribution in [0.25, 0.3) is 0 Å². The van der Waals surface area contributed by atoms with Gasteiger partial charge in [0.1, 0.15) is 0 Å². The van der Waals surface area contributed by atoms with E-state index in [4.69, 9.17) is 11.6 Å². The molecule has 0 N–H and O–H groups in total. The summed E-state index contributed by atoms with van der Waals surface area (Å²) in [6.45, 7) is 3.73. The molecule has 2 rings (SSSR count). The average Bonchev–Trinajstić information content (AvgIpc) is 2.39.